The van der Waals surface area contributed by atoms with E-state index in [4.69, 9.17) is 16.6 Å². The van der Waals surface area contributed by atoms with Gasteiger partial charge in [-0.15, -0.1) is 0 Å². The number of aryl methyl sites for hydroxylation is 1. The first-order valence-electron chi connectivity index (χ1n) is 11.6. The fourth-order valence-electron chi connectivity index (χ4n) is 4.77. The minimum Gasteiger partial charge on any atom is -0.293 e. The maximum absolute atomic E-state index is 13.4. The van der Waals surface area contributed by atoms with Gasteiger partial charge in [0, 0.05) is 23.7 Å². The fourth-order valence-corrected chi connectivity index (χ4v) is 4.94. The molecule has 0 N–H and O–H groups in total. The summed E-state index contributed by atoms with van der Waals surface area (Å²) in [6.45, 7) is 4.56. The van der Waals surface area contributed by atoms with Gasteiger partial charge in [0.1, 0.15) is 5.71 Å². The van der Waals surface area contributed by atoms with Gasteiger partial charge < -0.3 is 0 Å². The number of anilines is 1. The lowest BCUT2D eigenvalue weighted by Crippen LogP contribution is -2.44. The van der Waals surface area contributed by atoms with E-state index in [-0.39, 0.29) is 5.91 Å². The van der Waals surface area contributed by atoms with Gasteiger partial charge in [-0.2, -0.15) is 0 Å². The SMILES string of the molecule is Cc1ccc(N=C2C(=O)N(CN3CCC(Cc4ccccc4)CC3)c3ccccc32)cc1Cl. The number of rotatable bonds is 5. The average molecular weight is 458 g/mol. The Morgan fingerprint density at radius 3 is 2.45 bits per heavy atom. The van der Waals surface area contributed by atoms with Crippen LogP contribution in [0.3, 0.4) is 0 Å². The minimum absolute atomic E-state index is 0.0423. The van der Waals surface area contributed by atoms with Crippen molar-refractivity contribution in [2.75, 3.05) is 24.7 Å². The molecule has 0 aromatic heterocycles. The van der Waals surface area contributed by atoms with Crippen molar-refractivity contribution in [3.8, 4) is 0 Å². The highest BCUT2D eigenvalue weighted by Gasteiger charge is 2.35. The lowest BCUT2D eigenvalue weighted by Gasteiger charge is -2.34. The van der Waals surface area contributed by atoms with E-state index < -0.39 is 0 Å². The minimum atomic E-state index is -0.0423. The predicted molar refractivity (Wildman–Crippen MR) is 136 cm³/mol. The second-order valence-corrected chi connectivity index (χ2v) is 9.44. The molecule has 2 aliphatic rings. The van der Waals surface area contributed by atoms with Crippen LogP contribution >= 0.6 is 11.6 Å². The van der Waals surface area contributed by atoms with Crippen LogP contribution in [0.2, 0.25) is 5.02 Å². The summed E-state index contributed by atoms with van der Waals surface area (Å²) in [5.41, 5.74) is 5.42. The van der Waals surface area contributed by atoms with Crippen LogP contribution in [0.15, 0.2) is 77.8 Å². The molecule has 4 nitrogen and oxygen atoms in total. The Kier molecular flexibility index (Phi) is 6.30. The zero-order valence-electron chi connectivity index (χ0n) is 18.9. The Balaban J connectivity index is 1.30. The number of amides is 1. The van der Waals surface area contributed by atoms with E-state index in [1.54, 1.807) is 0 Å². The summed E-state index contributed by atoms with van der Waals surface area (Å²) in [4.78, 5) is 22.4. The molecule has 0 unspecified atom stereocenters. The zero-order chi connectivity index (χ0) is 22.8. The maximum atomic E-state index is 13.4. The largest absolute Gasteiger partial charge is 0.293 e. The number of carbonyl (C=O) groups excluding carboxylic acids is 1. The number of aliphatic imine (C=N–C) groups is 1. The summed E-state index contributed by atoms with van der Waals surface area (Å²) < 4.78 is 0. The van der Waals surface area contributed by atoms with Crippen molar-refractivity contribution >= 4 is 34.6 Å². The third kappa shape index (κ3) is 4.73. The van der Waals surface area contributed by atoms with Gasteiger partial charge in [-0.25, -0.2) is 4.99 Å². The first-order chi connectivity index (χ1) is 16.1. The van der Waals surface area contributed by atoms with Gasteiger partial charge in [-0.1, -0.05) is 66.2 Å². The van der Waals surface area contributed by atoms with Gasteiger partial charge in [0.15, 0.2) is 0 Å². The quantitative estimate of drug-likeness (QED) is 0.469. The summed E-state index contributed by atoms with van der Waals surface area (Å²) in [5, 5.41) is 0.658. The molecule has 0 saturated carbocycles. The van der Waals surface area contributed by atoms with Crippen LogP contribution in [0.25, 0.3) is 0 Å². The van der Waals surface area contributed by atoms with Gasteiger partial charge in [0.25, 0.3) is 5.91 Å². The predicted octanol–water partition coefficient (Wildman–Crippen LogP) is 6.03. The van der Waals surface area contributed by atoms with Crippen LogP contribution in [0, 0.1) is 12.8 Å². The Morgan fingerprint density at radius 1 is 0.970 bits per heavy atom. The summed E-state index contributed by atoms with van der Waals surface area (Å²) in [5.74, 6) is 0.660. The first-order valence-corrected chi connectivity index (χ1v) is 12.0. The van der Waals surface area contributed by atoms with Crippen LogP contribution in [-0.2, 0) is 11.2 Å². The normalized spacial score (nSPS) is 18.2. The Hall–Kier alpha value is -2.95. The second-order valence-electron chi connectivity index (χ2n) is 9.04. The van der Waals surface area contributed by atoms with Crippen LogP contribution in [0.4, 0.5) is 11.4 Å². The van der Waals surface area contributed by atoms with E-state index in [9.17, 15) is 4.79 Å². The number of para-hydroxylation sites is 1. The molecule has 3 aromatic rings. The second kappa shape index (κ2) is 9.50. The molecule has 5 rings (SSSR count). The molecule has 33 heavy (non-hydrogen) atoms. The highest BCUT2D eigenvalue weighted by atomic mass is 35.5. The number of piperidine rings is 1. The smallest absolute Gasteiger partial charge is 0.278 e. The summed E-state index contributed by atoms with van der Waals surface area (Å²) >= 11 is 6.28. The fraction of sp³-hybridized carbons (Fsp3) is 0.286. The van der Waals surface area contributed by atoms with Gasteiger partial charge in [-0.3, -0.25) is 14.6 Å². The first kappa shape index (κ1) is 21.9. The highest BCUT2D eigenvalue weighted by molar-refractivity contribution is 6.54. The molecule has 1 saturated heterocycles. The summed E-state index contributed by atoms with van der Waals surface area (Å²) in [6.07, 6.45) is 3.44. The zero-order valence-corrected chi connectivity index (χ0v) is 19.6. The maximum Gasteiger partial charge on any atom is 0.278 e. The highest BCUT2D eigenvalue weighted by Crippen LogP contribution is 2.32. The number of nitrogens with zero attached hydrogens (tertiary/aromatic N) is 3. The Morgan fingerprint density at radius 2 is 1.70 bits per heavy atom. The third-order valence-corrected chi connectivity index (χ3v) is 7.12. The van der Waals surface area contributed by atoms with Gasteiger partial charge in [0.05, 0.1) is 18.0 Å². The molecule has 2 heterocycles. The summed E-state index contributed by atoms with van der Waals surface area (Å²) in [6, 6.07) is 24.3. The molecule has 2 aliphatic heterocycles. The van der Waals surface area contributed by atoms with Crippen molar-refractivity contribution in [3.05, 3.63) is 94.5 Å². The van der Waals surface area contributed by atoms with Gasteiger partial charge in [-0.05, 0) is 61.4 Å². The number of likely N-dealkylation sites (tertiary alicyclic amines) is 1. The topological polar surface area (TPSA) is 35.9 Å². The molecule has 1 amide bonds. The molecule has 0 spiro atoms. The van der Waals surface area contributed by atoms with Crippen molar-refractivity contribution in [2.45, 2.75) is 26.2 Å². The van der Waals surface area contributed by atoms with Gasteiger partial charge >= 0.3 is 0 Å². The van der Waals surface area contributed by atoms with Crippen molar-refractivity contribution in [1.82, 2.24) is 4.90 Å². The van der Waals surface area contributed by atoms with Crippen LogP contribution in [-0.4, -0.2) is 36.3 Å². The molecule has 5 heteroatoms. The van der Waals surface area contributed by atoms with E-state index in [2.05, 4.69) is 35.2 Å². The number of benzene rings is 3. The Bertz CT molecular complexity index is 1180. The number of halogens is 1. The number of hydrogen-bond donors (Lipinski definition) is 0. The monoisotopic (exact) mass is 457 g/mol. The van der Waals surface area contributed by atoms with E-state index in [0.29, 0.717) is 29.0 Å². The van der Waals surface area contributed by atoms with Crippen LogP contribution in [0.5, 0.6) is 0 Å². The number of carbonyl (C=O) groups is 1. The number of fused-ring (bicyclic) bond motifs is 1. The molecule has 0 bridgehead atoms. The van der Waals surface area contributed by atoms with Crippen LogP contribution < -0.4 is 4.90 Å². The summed E-state index contributed by atoms with van der Waals surface area (Å²) in [7, 11) is 0. The standard InChI is InChI=1S/C28H28ClN3O/c1-20-11-12-23(18-25(20)29)30-27-24-9-5-6-10-26(24)32(28(27)33)19-31-15-13-22(14-16-31)17-21-7-3-2-4-8-21/h2-12,18,22H,13-17,19H2,1H3. The molecule has 3 aromatic carbocycles. The third-order valence-electron chi connectivity index (χ3n) is 6.71. The van der Waals surface area contributed by atoms with E-state index in [0.717, 1.165) is 49.2 Å². The molecule has 0 aliphatic carbocycles. The van der Waals surface area contributed by atoms with E-state index >= 15 is 0 Å². The van der Waals surface area contributed by atoms with Crippen molar-refractivity contribution in [2.24, 2.45) is 10.9 Å². The molecule has 1 fully saturated rings. The molecular weight excluding hydrogens is 430 g/mol. The number of hydrogen-bond acceptors (Lipinski definition) is 3. The molecule has 0 radical (unpaired) electrons. The van der Waals surface area contributed by atoms with Crippen molar-refractivity contribution < 1.29 is 4.79 Å². The average Bonchev–Trinajstić information content (AvgIpc) is 3.09. The van der Waals surface area contributed by atoms with Crippen molar-refractivity contribution in [3.63, 3.8) is 0 Å². The Labute approximate surface area is 200 Å². The van der Waals surface area contributed by atoms with E-state index in [1.807, 2.05) is 54.3 Å². The van der Waals surface area contributed by atoms with Crippen LogP contribution in [0.1, 0.15) is 29.5 Å². The molecule has 0 atom stereocenters. The lowest BCUT2D eigenvalue weighted by molar-refractivity contribution is -0.112. The van der Waals surface area contributed by atoms with Crippen molar-refractivity contribution in [1.29, 1.82) is 0 Å². The lowest BCUT2D eigenvalue weighted by atomic mass is 9.90. The molecular formula is C28H28ClN3O. The van der Waals surface area contributed by atoms with E-state index in [1.165, 1.54) is 5.56 Å². The molecule has 168 valence electrons. The van der Waals surface area contributed by atoms with Gasteiger partial charge in [0.2, 0.25) is 0 Å².